The summed E-state index contributed by atoms with van der Waals surface area (Å²) in [4.78, 5) is 0.814. The molecule has 0 saturated heterocycles. The molecule has 0 spiro atoms. The standard InChI is InChI=1S/C16H16O2S/c1-11-3-7-15-9-13(11)5-6-14-10-16(19(15,17)18)8-4-12(14)2/h3-4,7-10H,5-6H2,1-2H3. The summed E-state index contributed by atoms with van der Waals surface area (Å²) in [6.45, 7) is 4.07. The SMILES string of the molecule is Cc1ccc2cc1CCc1cc(ccc1C)S2(=O)=O. The molecule has 19 heavy (non-hydrogen) atoms. The molecular weight excluding hydrogens is 256 g/mol. The Kier molecular flexibility index (Phi) is 2.75. The largest absolute Gasteiger partial charge is 0.219 e. The van der Waals surface area contributed by atoms with Crippen LogP contribution in [0.1, 0.15) is 22.3 Å². The number of rotatable bonds is 0. The smallest absolute Gasteiger partial charge is 0.206 e. The fourth-order valence-electron chi connectivity index (χ4n) is 2.57. The highest BCUT2D eigenvalue weighted by molar-refractivity contribution is 7.91. The van der Waals surface area contributed by atoms with Crippen molar-refractivity contribution >= 4 is 9.84 Å². The minimum Gasteiger partial charge on any atom is -0.219 e. The topological polar surface area (TPSA) is 34.1 Å². The van der Waals surface area contributed by atoms with Crippen LogP contribution in [0, 0.1) is 13.8 Å². The Morgan fingerprint density at radius 1 is 0.789 bits per heavy atom. The highest BCUT2D eigenvalue weighted by Gasteiger charge is 2.21. The van der Waals surface area contributed by atoms with Crippen LogP contribution in [0.25, 0.3) is 0 Å². The maximum absolute atomic E-state index is 12.6. The van der Waals surface area contributed by atoms with E-state index in [1.807, 2.05) is 38.1 Å². The lowest BCUT2D eigenvalue weighted by Crippen LogP contribution is -2.02. The van der Waals surface area contributed by atoms with Crippen molar-refractivity contribution in [3.63, 3.8) is 0 Å². The maximum atomic E-state index is 12.6. The normalized spacial score (nSPS) is 16.3. The predicted octanol–water partition coefficient (Wildman–Crippen LogP) is 3.23. The van der Waals surface area contributed by atoms with Gasteiger partial charge in [0.25, 0.3) is 0 Å². The van der Waals surface area contributed by atoms with Gasteiger partial charge in [0.1, 0.15) is 0 Å². The lowest BCUT2D eigenvalue weighted by Gasteiger charge is -2.07. The van der Waals surface area contributed by atoms with E-state index in [4.69, 9.17) is 0 Å². The van der Waals surface area contributed by atoms with Gasteiger partial charge in [-0.25, -0.2) is 8.42 Å². The van der Waals surface area contributed by atoms with Gasteiger partial charge >= 0.3 is 0 Å². The zero-order valence-corrected chi connectivity index (χ0v) is 11.9. The first-order valence-corrected chi connectivity index (χ1v) is 7.91. The first-order valence-electron chi connectivity index (χ1n) is 6.42. The molecule has 0 unspecified atom stereocenters. The molecule has 0 radical (unpaired) electrons. The molecule has 3 rings (SSSR count). The Morgan fingerprint density at radius 2 is 1.21 bits per heavy atom. The molecule has 2 nitrogen and oxygen atoms in total. The monoisotopic (exact) mass is 272 g/mol. The minimum absolute atomic E-state index is 0.407. The summed E-state index contributed by atoms with van der Waals surface area (Å²) >= 11 is 0. The van der Waals surface area contributed by atoms with E-state index in [2.05, 4.69) is 0 Å². The third-order valence-electron chi connectivity index (χ3n) is 3.93. The van der Waals surface area contributed by atoms with Crippen molar-refractivity contribution in [3.8, 4) is 0 Å². The predicted molar refractivity (Wildman–Crippen MR) is 75.2 cm³/mol. The van der Waals surface area contributed by atoms with Crippen molar-refractivity contribution in [2.75, 3.05) is 0 Å². The number of aryl methyl sites for hydroxylation is 4. The van der Waals surface area contributed by atoms with Gasteiger partial charge in [-0.3, -0.25) is 0 Å². The van der Waals surface area contributed by atoms with Crippen LogP contribution in [0.5, 0.6) is 0 Å². The van der Waals surface area contributed by atoms with Gasteiger partial charge in [0.15, 0.2) is 0 Å². The minimum atomic E-state index is -3.38. The Morgan fingerprint density at radius 3 is 1.63 bits per heavy atom. The molecule has 0 fully saturated rings. The van der Waals surface area contributed by atoms with E-state index in [-0.39, 0.29) is 0 Å². The molecule has 2 aromatic rings. The number of sulfone groups is 1. The lowest BCUT2D eigenvalue weighted by molar-refractivity contribution is 0.596. The first-order chi connectivity index (χ1) is 8.98. The summed E-state index contributed by atoms with van der Waals surface area (Å²) < 4.78 is 25.2. The van der Waals surface area contributed by atoms with Gasteiger partial charge in [0.2, 0.25) is 9.84 Å². The van der Waals surface area contributed by atoms with Gasteiger partial charge in [-0.15, -0.1) is 0 Å². The van der Waals surface area contributed by atoms with Crippen LogP contribution in [0.3, 0.4) is 0 Å². The molecular formula is C16H16O2S. The van der Waals surface area contributed by atoms with Crippen molar-refractivity contribution < 1.29 is 8.42 Å². The number of benzene rings is 2. The molecule has 4 bridgehead atoms. The van der Waals surface area contributed by atoms with Crippen molar-refractivity contribution in [2.45, 2.75) is 36.5 Å². The molecule has 1 aliphatic rings. The van der Waals surface area contributed by atoms with Gasteiger partial charge < -0.3 is 0 Å². The van der Waals surface area contributed by atoms with Crippen molar-refractivity contribution in [3.05, 3.63) is 58.7 Å². The van der Waals surface area contributed by atoms with Gasteiger partial charge in [0.05, 0.1) is 9.79 Å². The van der Waals surface area contributed by atoms with E-state index in [0.29, 0.717) is 9.79 Å². The summed E-state index contributed by atoms with van der Waals surface area (Å²) in [6.07, 6.45) is 1.78. The van der Waals surface area contributed by atoms with Crippen molar-refractivity contribution in [1.82, 2.24) is 0 Å². The molecule has 0 aromatic heterocycles. The third-order valence-corrected chi connectivity index (χ3v) is 5.67. The van der Waals surface area contributed by atoms with Crippen LogP contribution in [-0.2, 0) is 22.7 Å². The molecule has 3 heteroatoms. The van der Waals surface area contributed by atoms with E-state index in [1.54, 1.807) is 12.1 Å². The van der Waals surface area contributed by atoms with Gasteiger partial charge in [-0.2, -0.15) is 0 Å². The second-order valence-electron chi connectivity index (χ2n) is 5.18. The van der Waals surface area contributed by atoms with E-state index in [1.165, 1.54) is 0 Å². The Labute approximate surface area is 114 Å². The summed E-state index contributed by atoms with van der Waals surface area (Å²) in [5.41, 5.74) is 4.57. The average molecular weight is 272 g/mol. The Balaban J connectivity index is 2.33. The molecule has 2 aromatic carbocycles. The maximum Gasteiger partial charge on any atom is 0.206 e. The van der Waals surface area contributed by atoms with Crippen LogP contribution >= 0.6 is 0 Å². The number of hydrogen-bond donors (Lipinski definition) is 0. The number of hydrogen-bond acceptors (Lipinski definition) is 2. The summed E-state index contributed by atoms with van der Waals surface area (Å²) in [7, 11) is -3.38. The second-order valence-corrected chi connectivity index (χ2v) is 7.13. The van der Waals surface area contributed by atoms with Crippen LogP contribution < -0.4 is 0 Å². The molecule has 0 aliphatic carbocycles. The molecule has 0 amide bonds. The quantitative estimate of drug-likeness (QED) is 0.738. The van der Waals surface area contributed by atoms with Crippen LogP contribution in [0.2, 0.25) is 0 Å². The van der Waals surface area contributed by atoms with Crippen LogP contribution in [0.4, 0.5) is 0 Å². The number of fused-ring (bicyclic) bond motifs is 4. The molecule has 0 saturated carbocycles. The molecule has 0 N–H and O–H groups in total. The van der Waals surface area contributed by atoms with E-state index >= 15 is 0 Å². The second kappa shape index (κ2) is 4.20. The zero-order chi connectivity index (χ0) is 13.6. The van der Waals surface area contributed by atoms with E-state index in [9.17, 15) is 8.42 Å². The molecule has 0 atom stereocenters. The fraction of sp³-hybridized carbons (Fsp3) is 0.250. The molecule has 98 valence electrons. The van der Waals surface area contributed by atoms with Crippen LogP contribution in [0.15, 0.2) is 46.2 Å². The first kappa shape index (κ1) is 12.4. The highest BCUT2D eigenvalue weighted by Crippen LogP contribution is 2.28. The lowest BCUT2D eigenvalue weighted by atomic mass is 9.98. The Hall–Kier alpha value is -1.61. The zero-order valence-electron chi connectivity index (χ0n) is 11.1. The van der Waals surface area contributed by atoms with Gasteiger partial charge in [0, 0.05) is 0 Å². The summed E-state index contributed by atoms with van der Waals surface area (Å²) in [5.74, 6) is 0. The van der Waals surface area contributed by atoms with Gasteiger partial charge in [-0.05, 0) is 73.2 Å². The van der Waals surface area contributed by atoms with Gasteiger partial charge in [-0.1, -0.05) is 12.1 Å². The fourth-order valence-corrected chi connectivity index (χ4v) is 3.94. The summed E-state index contributed by atoms with van der Waals surface area (Å²) in [5, 5.41) is 0. The highest BCUT2D eigenvalue weighted by atomic mass is 32.2. The van der Waals surface area contributed by atoms with E-state index in [0.717, 1.165) is 35.1 Å². The molecule has 1 heterocycles. The van der Waals surface area contributed by atoms with E-state index < -0.39 is 9.84 Å². The summed E-state index contributed by atoms with van der Waals surface area (Å²) in [6, 6.07) is 10.9. The average Bonchev–Trinajstić information content (AvgIpc) is 2.41. The molecule has 1 aliphatic heterocycles. The van der Waals surface area contributed by atoms with Crippen LogP contribution in [-0.4, -0.2) is 8.42 Å². The van der Waals surface area contributed by atoms with Crippen molar-refractivity contribution in [1.29, 1.82) is 0 Å². The Bertz CT molecular complexity index is 699. The third kappa shape index (κ3) is 1.98. The van der Waals surface area contributed by atoms with Crippen molar-refractivity contribution in [2.24, 2.45) is 0 Å².